The average Bonchev–Trinajstić information content (AvgIpc) is 2.37. The third-order valence-electron chi connectivity index (χ3n) is 2.61. The fourth-order valence-corrected chi connectivity index (χ4v) is 1.62. The molecule has 20 heavy (non-hydrogen) atoms. The van der Waals surface area contributed by atoms with Crippen molar-refractivity contribution in [3.63, 3.8) is 0 Å². The SMILES string of the molecule is CCNC(=O)c1ccccc1NC(=O)CCC(C)N.Cl. The first-order chi connectivity index (χ1) is 9.04. The van der Waals surface area contributed by atoms with Crippen LogP contribution >= 0.6 is 12.4 Å². The van der Waals surface area contributed by atoms with Gasteiger partial charge in [-0.05, 0) is 32.4 Å². The second kappa shape index (κ2) is 9.34. The zero-order valence-corrected chi connectivity index (χ0v) is 12.6. The monoisotopic (exact) mass is 299 g/mol. The van der Waals surface area contributed by atoms with E-state index >= 15 is 0 Å². The fraction of sp³-hybridized carbons (Fsp3) is 0.429. The van der Waals surface area contributed by atoms with Crippen molar-refractivity contribution in [2.75, 3.05) is 11.9 Å². The maximum Gasteiger partial charge on any atom is 0.253 e. The van der Waals surface area contributed by atoms with Crippen LogP contribution < -0.4 is 16.4 Å². The van der Waals surface area contributed by atoms with Gasteiger partial charge in [0, 0.05) is 19.0 Å². The highest BCUT2D eigenvalue weighted by atomic mass is 35.5. The molecule has 0 bridgehead atoms. The summed E-state index contributed by atoms with van der Waals surface area (Å²) in [6.07, 6.45) is 0.969. The Balaban J connectivity index is 0.00000361. The molecule has 0 aromatic heterocycles. The molecule has 0 aliphatic heterocycles. The second-order valence-electron chi connectivity index (χ2n) is 4.47. The highest BCUT2D eigenvalue weighted by Gasteiger charge is 2.12. The van der Waals surface area contributed by atoms with Crippen molar-refractivity contribution in [2.45, 2.75) is 32.7 Å². The molecule has 6 heteroatoms. The van der Waals surface area contributed by atoms with E-state index in [1.54, 1.807) is 24.3 Å². The molecule has 1 atom stereocenters. The Morgan fingerprint density at radius 3 is 2.55 bits per heavy atom. The van der Waals surface area contributed by atoms with Crippen LogP contribution in [-0.4, -0.2) is 24.4 Å². The Kier molecular flexibility index (Phi) is 8.59. The van der Waals surface area contributed by atoms with Gasteiger partial charge in [-0.2, -0.15) is 0 Å². The summed E-state index contributed by atoms with van der Waals surface area (Å²) < 4.78 is 0. The molecular weight excluding hydrogens is 278 g/mol. The number of hydrogen-bond acceptors (Lipinski definition) is 3. The van der Waals surface area contributed by atoms with Gasteiger partial charge in [0.15, 0.2) is 0 Å². The third-order valence-corrected chi connectivity index (χ3v) is 2.61. The van der Waals surface area contributed by atoms with Gasteiger partial charge < -0.3 is 16.4 Å². The average molecular weight is 300 g/mol. The molecule has 0 heterocycles. The number of carbonyl (C=O) groups is 2. The highest BCUT2D eigenvalue weighted by molar-refractivity contribution is 6.03. The number of para-hydroxylation sites is 1. The zero-order chi connectivity index (χ0) is 14.3. The number of hydrogen-bond donors (Lipinski definition) is 3. The van der Waals surface area contributed by atoms with Crippen LogP contribution in [0, 0.1) is 0 Å². The zero-order valence-electron chi connectivity index (χ0n) is 11.8. The molecule has 1 aromatic carbocycles. The summed E-state index contributed by atoms with van der Waals surface area (Å²) in [6.45, 7) is 4.25. The van der Waals surface area contributed by atoms with Gasteiger partial charge in [-0.3, -0.25) is 9.59 Å². The number of nitrogens with one attached hydrogen (secondary N) is 2. The Hall–Kier alpha value is -1.59. The van der Waals surface area contributed by atoms with Gasteiger partial charge >= 0.3 is 0 Å². The summed E-state index contributed by atoms with van der Waals surface area (Å²) in [7, 11) is 0. The van der Waals surface area contributed by atoms with E-state index in [2.05, 4.69) is 10.6 Å². The number of nitrogens with two attached hydrogens (primary N) is 1. The van der Waals surface area contributed by atoms with E-state index in [0.29, 0.717) is 30.6 Å². The summed E-state index contributed by atoms with van der Waals surface area (Å²) in [5, 5.41) is 5.47. The minimum Gasteiger partial charge on any atom is -0.352 e. The Morgan fingerprint density at radius 1 is 1.30 bits per heavy atom. The summed E-state index contributed by atoms with van der Waals surface area (Å²) in [5.41, 5.74) is 6.61. The van der Waals surface area contributed by atoms with Crippen molar-refractivity contribution in [3.05, 3.63) is 29.8 Å². The summed E-state index contributed by atoms with van der Waals surface area (Å²) in [4.78, 5) is 23.6. The van der Waals surface area contributed by atoms with Gasteiger partial charge in [-0.1, -0.05) is 12.1 Å². The van der Waals surface area contributed by atoms with E-state index in [4.69, 9.17) is 5.73 Å². The largest absolute Gasteiger partial charge is 0.352 e. The van der Waals surface area contributed by atoms with Crippen molar-refractivity contribution in [2.24, 2.45) is 5.73 Å². The number of rotatable bonds is 6. The summed E-state index contributed by atoms with van der Waals surface area (Å²) in [5.74, 6) is -0.320. The molecule has 5 nitrogen and oxygen atoms in total. The van der Waals surface area contributed by atoms with Gasteiger partial charge in [0.05, 0.1) is 11.3 Å². The van der Waals surface area contributed by atoms with Crippen LogP contribution in [0.3, 0.4) is 0 Å². The Labute approximate surface area is 125 Å². The van der Waals surface area contributed by atoms with Gasteiger partial charge in [0.25, 0.3) is 5.91 Å². The van der Waals surface area contributed by atoms with Crippen LogP contribution in [0.4, 0.5) is 5.69 Å². The molecule has 0 fully saturated rings. The molecule has 0 aliphatic carbocycles. The predicted molar refractivity (Wildman–Crippen MR) is 83.2 cm³/mol. The maximum absolute atomic E-state index is 11.8. The molecule has 1 aromatic rings. The van der Waals surface area contributed by atoms with Crippen LogP contribution in [0.1, 0.15) is 37.0 Å². The van der Waals surface area contributed by atoms with Crippen LogP contribution in [0.25, 0.3) is 0 Å². The molecule has 112 valence electrons. The van der Waals surface area contributed by atoms with Crippen molar-refractivity contribution >= 4 is 29.9 Å². The molecule has 0 saturated carbocycles. The molecular formula is C14H22ClN3O2. The van der Waals surface area contributed by atoms with E-state index in [1.165, 1.54) is 0 Å². The molecule has 0 aliphatic rings. The van der Waals surface area contributed by atoms with E-state index in [-0.39, 0.29) is 30.3 Å². The summed E-state index contributed by atoms with van der Waals surface area (Å²) in [6, 6.07) is 6.94. The van der Waals surface area contributed by atoms with Crippen molar-refractivity contribution in [1.82, 2.24) is 5.32 Å². The van der Waals surface area contributed by atoms with E-state index in [1.807, 2.05) is 13.8 Å². The second-order valence-corrected chi connectivity index (χ2v) is 4.47. The van der Waals surface area contributed by atoms with Crippen LogP contribution in [0.5, 0.6) is 0 Å². The number of carbonyl (C=O) groups excluding carboxylic acids is 2. The fourth-order valence-electron chi connectivity index (χ4n) is 1.62. The molecule has 2 amide bonds. The standard InChI is InChI=1S/C14H21N3O2.ClH/c1-3-16-14(19)11-6-4-5-7-12(11)17-13(18)9-8-10(2)15;/h4-7,10H,3,8-9,15H2,1-2H3,(H,16,19)(H,17,18);1H. The van der Waals surface area contributed by atoms with Crippen molar-refractivity contribution in [3.8, 4) is 0 Å². The first kappa shape index (κ1) is 18.4. The molecule has 1 unspecified atom stereocenters. The molecule has 0 saturated heterocycles. The number of benzene rings is 1. The number of anilines is 1. The maximum atomic E-state index is 11.8. The smallest absolute Gasteiger partial charge is 0.253 e. The quantitative estimate of drug-likeness (QED) is 0.750. The first-order valence-corrected chi connectivity index (χ1v) is 6.47. The van der Waals surface area contributed by atoms with Crippen LogP contribution in [0.2, 0.25) is 0 Å². The molecule has 1 rings (SSSR count). The highest BCUT2D eigenvalue weighted by Crippen LogP contribution is 2.15. The first-order valence-electron chi connectivity index (χ1n) is 6.47. The van der Waals surface area contributed by atoms with E-state index in [0.717, 1.165) is 0 Å². The Bertz CT molecular complexity index is 450. The Morgan fingerprint density at radius 2 is 1.95 bits per heavy atom. The number of halogens is 1. The lowest BCUT2D eigenvalue weighted by atomic mass is 10.1. The lowest BCUT2D eigenvalue weighted by Gasteiger charge is -2.11. The van der Waals surface area contributed by atoms with Gasteiger partial charge in [-0.25, -0.2) is 0 Å². The van der Waals surface area contributed by atoms with Gasteiger partial charge in [-0.15, -0.1) is 12.4 Å². The summed E-state index contributed by atoms with van der Waals surface area (Å²) >= 11 is 0. The van der Waals surface area contributed by atoms with Gasteiger partial charge in [0.1, 0.15) is 0 Å². The number of amides is 2. The van der Waals surface area contributed by atoms with E-state index in [9.17, 15) is 9.59 Å². The van der Waals surface area contributed by atoms with Gasteiger partial charge in [0.2, 0.25) is 5.91 Å². The minimum atomic E-state index is -0.189. The van der Waals surface area contributed by atoms with Crippen LogP contribution in [-0.2, 0) is 4.79 Å². The topological polar surface area (TPSA) is 84.2 Å². The van der Waals surface area contributed by atoms with E-state index < -0.39 is 0 Å². The lowest BCUT2D eigenvalue weighted by Crippen LogP contribution is -2.25. The lowest BCUT2D eigenvalue weighted by molar-refractivity contribution is -0.116. The molecule has 4 N–H and O–H groups in total. The van der Waals surface area contributed by atoms with Crippen molar-refractivity contribution in [1.29, 1.82) is 0 Å². The predicted octanol–water partition coefficient (Wildman–Crippen LogP) is 1.92. The minimum absolute atomic E-state index is 0. The molecule has 0 radical (unpaired) electrons. The van der Waals surface area contributed by atoms with Crippen LogP contribution in [0.15, 0.2) is 24.3 Å². The molecule has 0 spiro atoms. The third kappa shape index (κ3) is 6.04. The normalized spacial score (nSPS) is 11.2. The van der Waals surface area contributed by atoms with Crippen molar-refractivity contribution < 1.29 is 9.59 Å².